The maximum absolute atomic E-state index is 6.22. The lowest BCUT2D eigenvalue weighted by Crippen LogP contribution is -2.33. The van der Waals surface area contributed by atoms with Crippen molar-refractivity contribution in [3.8, 4) is 0 Å². The number of hydrogen-bond acceptors (Lipinski definition) is 2. The van der Waals surface area contributed by atoms with Crippen LogP contribution in [0, 0.1) is 0 Å². The van der Waals surface area contributed by atoms with Crippen molar-refractivity contribution in [2.24, 2.45) is 5.73 Å². The van der Waals surface area contributed by atoms with Gasteiger partial charge in [-0.2, -0.15) is 0 Å². The van der Waals surface area contributed by atoms with E-state index in [4.69, 9.17) is 5.73 Å². The first-order valence-corrected chi connectivity index (χ1v) is 4.52. The lowest BCUT2D eigenvalue weighted by atomic mass is 9.94. The third-order valence-corrected chi connectivity index (χ3v) is 2.67. The quantitative estimate of drug-likeness (QED) is 0.752. The molecule has 0 aliphatic heterocycles. The number of halogens is 1. The van der Waals surface area contributed by atoms with Crippen molar-refractivity contribution in [3.63, 3.8) is 0 Å². The Bertz CT molecular complexity index is 255. The van der Waals surface area contributed by atoms with E-state index in [0.29, 0.717) is 0 Å². The molecule has 0 radical (unpaired) electrons. The maximum atomic E-state index is 6.22. The lowest BCUT2D eigenvalue weighted by Gasteiger charge is -2.22. The van der Waals surface area contributed by atoms with Gasteiger partial charge in [0.15, 0.2) is 0 Å². The normalized spacial score (nSPS) is 19.5. The number of nitrogens with two attached hydrogens (primary N) is 1. The zero-order valence-corrected chi connectivity index (χ0v) is 8.39. The van der Waals surface area contributed by atoms with Crippen LogP contribution in [0.2, 0.25) is 0 Å². The van der Waals surface area contributed by atoms with Crippen LogP contribution in [0.3, 0.4) is 0 Å². The van der Waals surface area contributed by atoms with Crippen molar-refractivity contribution >= 4 is 12.4 Å². The van der Waals surface area contributed by atoms with Gasteiger partial charge in [0.2, 0.25) is 0 Å². The lowest BCUT2D eigenvalue weighted by molar-refractivity contribution is 0.447. The van der Waals surface area contributed by atoms with Gasteiger partial charge in [0, 0.05) is 6.20 Å². The fourth-order valence-corrected chi connectivity index (χ4v) is 1.92. The van der Waals surface area contributed by atoms with Crippen LogP contribution in [0.25, 0.3) is 0 Å². The van der Waals surface area contributed by atoms with Gasteiger partial charge in [-0.3, -0.25) is 4.98 Å². The molecule has 2 N–H and O–H groups in total. The first-order chi connectivity index (χ1) is 5.81. The first-order valence-electron chi connectivity index (χ1n) is 4.52. The SMILES string of the molecule is Cl.NC1(c2ccccn2)CCCC1. The largest absolute Gasteiger partial charge is 0.320 e. The van der Waals surface area contributed by atoms with Crippen LogP contribution in [0.4, 0.5) is 0 Å². The summed E-state index contributed by atoms with van der Waals surface area (Å²) in [6.07, 6.45) is 6.48. The Morgan fingerprint density at radius 2 is 1.92 bits per heavy atom. The van der Waals surface area contributed by atoms with Gasteiger partial charge < -0.3 is 5.73 Å². The van der Waals surface area contributed by atoms with Crippen molar-refractivity contribution in [1.29, 1.82) is 0 Å². The average molecular weight is 199 g/mol. The van der Waals surface area contributed by atoms with Crippen LogP contribution in [0.5, 0.6) is 0 Å². The van der Waals surface area contributed by atoms with Crippen LogP contribution in [0.15, 0.2) is 24.4 Å². The highest BCUT2D eigenvalue weighted by molar-refractivity contribution is 5.85. The van der Waals surface area contributed by atoms with Crippen LogP contribution >= 0.6 is 12.4 Å². The molecule has 0 amide bonds. The van der Waals surface area contributed by atoms with Crippen LogP contribution in [-0.2, 0) is 5.54 Å². The fraction of sp³-hybridized carbons (Fsp3) is 0.500. The van der Waals surface area contributed by atoms with Crippen LogP contribution in [-0.4, -0.2) is 4.98 Å². The molecule has 0 unspecified atom stereocenters. The van der Waals surface area contributed by atoms with Crippen molar-refractivity contribution in [1.82, 2.24) is 4.98 Å². The molecule has 72 valence electrons. The smallest absolute Gasteiger partial charge is 0.0602 e. The summed E-state index contributed by atoms with van der Waals surface area (Å²) >= 11 is 0. The molecule has 1 aromatic heterocycles. The van der Waals surface area contributed by atoms with E-state index in [0.717, 1.165) is 18.5 Å². The number of hydrogen-bond donors (Lipinski definition) is 1. The maximum Gasteiger partial charge on any atom is 0.0602 e. The van der Waals surface area contributed by atoms with Gasteiger partial charge in [0.25, 0.3) is 0 Å². The van der Waals surface area contributed by atoms with E-state index in [-0.39, 0.29) is 17.9 Å². The molecule has 0 spiro atoms. The number of aromatic nitrogens is 1. The van der Waals surface area contributed by atoms with Gasteiger partial charge in [-0.15, -0.1) is 12.4 Å². The molecular weight excluding hydrogens is 184 g/mol. The minimum Gasteiger partial charge on any atom is -0.320 e. The van der Waals surface area contributed by atoms with Crippen molar-refractivity contribution in [3.05, 3.63) is 30.1 Å². The standard InChI is InChI=1S/C10H14N2.ClH/c11-10(6-2-3-7-10)9-5-1-4-8-12-9;/h1,4-5,8H,2-3,6-7,11H2;1H. The fourth-order valence-electron chi connectivity index (χ4n) is 1.92. The van der Waals surface area contributed by atoms with E-state index >= 15 is 0 Å². The first kappa shape index (κ1) is 10.5. The Morgan fingerprint density at radius 3 is 2.46 bits per heavy atom. The molecular formula is C10H15ClN2. The van der Waals surface area contributed by atoms with Gasteiger partial charge in [0.1, 0.15) is 0 Å². The summed E-state index contributed by atoms with van der Waals surface area (Å²) in [5.74, 6) is 0. The minimum atomic E-state index is -0.124. The van der Waals surface area contributed by atoms with Gasteiger partial charge >= 0.3 is 0 Å². The van der Waals surface area contributed by atoms with E-state index in [1.807, 2.05) is 24.4 Å². The molecule has 1 aliphatic carbocycles. The van der Waals surface area contributed by atoms with Gasteiger partial charge in [-0.1, -0.05) is 18.9 Å². The van der Waals surface area contributed by atoms with Gasteiger partial charge in [-0.25, -0.2) is 0 Å². The molecule has 3 heteroatoms. The molecule has 0 saturated heterocycles. The Morgan fingerprint density at radius 1 is 1.23 bits per heavy atom. The van der Waals surface area contributed by atoms with Crippen molar-refractivity contribution in [2.75, 3.05) is 0 Å². The van der Waals surface area contributed by atoms with Crippen molar-refractivity contribution in [2.45, 2.75) is 31.2 Å². The summed E-state index contributed by atoms with van der Waals surface area (Å²) in [7, 11) is 0. The average Bonchev–Trinajstić information content (AvgIpc) is 2.55. The number of rotatable bonds is 1. The van der Waals surface area contributed by atoms with Crippen LogP contribution < -0.4 is 5.73 Å². The van der Waals surface area contributed by atoms with E-state index in [9.17, 15) is 0 Å². The van der Waals surface area contributed by atoms with E-state index < -0.39 is 0 Å². The monoisotopic (exact) mass is 198 g/mol. The summed E-state index contributed by atoms with van der Waals surface area (Å²) in [5.41, 5.74) is 7.15. The second-order valence-electron chi connectivity index (χ2n) is 3.58. The third-order valence-electron chi connectivity index (χ3n) is 2.67. The molecule has 1 saturated carbocycles. The second-order valence-corrected chi connectivity index (χ2v) is 3.58. The summed E-state index contributed by atoms with van der Waals surface area (Å²) in [6.45, 7) is 0. The topological polar surface area (TPSA) is 38.9 Å². The third kappa shape index (κ3) is 2.01. The predicted octanol–water partition coefficient (Wildman–Crippen LogP) is 2.23. The molecule has 13 heavy (non-hydrogen) atoms. The molecule has 2 nitrogen and oxygen atoms in total. The summed E-state index contributed by atoms with van der Waals surface area (Å²) in [4.78, 5) is 4.31. The summed E-state index contributed by atoms with van der Waals surface area (Å²) in [5, 5.41) is 0. The van der Waals surface area contributed by atoms with Crippen molar-refractivity contribution < 1.29 is 0 Å². The van der Waals surface area contributed by atoms with Gasteiger partial charge in [0.05, 0.1) is 11.2 Å². The molecule has 1 aromatic rings. The highest BCUT2D eigenvalue weighted by Gasteiger charge is 2.31. The highest BCUT2D eigenvalue weighted by atomic mass is 35.5. The second kappa shape index (κ2) is 4.07. The molecule has 1 fully saturated rings. The Balaban J connectivity index is 0.000000845. The van der Waals surface area contributed by atoms with E-state index in [1.165, 1.54) is 12.8 Å². The zero-order valence-electron chi connectivity index (χ0n) is 7.57. The minimum absolute atomic E-state index is 0. The number of pyridine rings is 1. The highest BCUT2D eigenvalue weighted by Crippen LogP contribution is 2.34. The molecule has 1 heterocycles. The Labute approximate surface area is 85.0 Å². The van der Waals surface area contributed by atoms with Crippen LogP contribution in [0.1, 0.15) is 31.4 Å². The Kier molecular flexibility index (Phi) is 3.28. The molecule has 0 atom stereocenters. The molecule has 0 bridgehead atoms. The molecule has 2 rings (SSSR count). The van der Waals surface area contributed by atoms with E-state index in [1.54, 1.807) is 0 Å². The predicted molar refractivity (Wildman–Crippen MR) is 55.8 cm³/mol. The molecule has 0 aromatic carbocycles. The molecule has 1 aliphatic rings. The van der Waals surface area contributed by atoms with Gasteiger partial charge in [-0.05, 0) is 25.0 Å². The summed E-state index contributed by atoms with van der Waals surface area (Å²) < 4.78 is 0. The Hall–Kier alpha value is -0.600. The van der Waals surface area contributed by atoms with E-state index in [2.05, 4.69) is 4.98 Å². The zero-order chi connectivity index (χ0) is 8.44. The number of nitrogens with zero attached hydrogens (tertiary/aromatic N) is 1. The summed E-state index contributed by atoms with van der Waals surface area (Å²) in [6, 6.07) is 5.97.